The molecular formula is C14H20N2O3S. The van der Waals surface area contributed by atoms with Crippen LogP contribution in [0.5, 0.6) is 0 Å². The molecule has 1 aromatic heterocycles. The highest BCUT2D eigenvalue weighted by molar-refractivity contribution is 7.12. The quantitative estimate of drug-likeness (QED) is 0.878. The van der Waals surface area contributed by atoms with Gasteiger partial charge in [0, 0.05) is 7.05 Å². The van der Waals surface area contributed by atoms with Crippen LogP contribution in [0.15, 0.2) is 17.5 Å². The molecule has 1 aliphatic rings. The monoisotopic (exact) mass is 296 g/mol. The number of rotatable bonds is 4. The topological polar surface area (TPSA) is 69.6 Å². The van der Waals surface area contributed by atoms with Crippen molar-refractivity contribution in [3.63, 3.8) is 0 Å². The van der Waals surface area contributed by atoms with Gasteiger partial charge in [-0.2, -0.15) is 0 Å². The van der Waals surface area contributed by atoms with Crippen LogP contribution in [0.25, 0.3) is 0 Å². The maximum atomic E-state index is 12.1. The lowest BCUT2D eigenvalue weighted by Gasteiger charge is -2.35. The summed E-state index contributed by atoms with van der Waals surface area (Å²) in [5.74, 6) is -0.396. The lowest BCUT2D eigenvalue weighted by Crippen LogP contribution is -2.49. The van der Waals surface area contributed by atoms with E-state index in [4.69, 9.17) is 0 Å². The number of nitrogens with zero attached hydrogens (tertiary/aromatic N) is 1. The summed E-state index contributed by atoms with van der Waals surface area (Å²) in [5.41, 5.74) is 0. The van der Waals surface area contributed by atoms with Gasteiger partial charge in [-0.1, -0.05) is 18.9 Å². The smallest absolute Gasteiger partial charge is 0.261 e. The summed E-state index contributed by atoms with van der Waals surface area (Å²) in [6.45, 7) is -0.0313. The van der Waals surface area contributed by atoms with Gasteiger partial charge in [-0.3, -0.25) is 9.59 Å². The lowest BCUT2D eigenvalue weighted by molar-refractivity contribution is -0.134. The van der Waals surface area contributed by atoms with Gasteiger partial charge in [0.1, 0.15) is 0 Å². The number of thiophene rings is 1. The van der Waals surface area contributed by atoms with E-state index in [9.17, 15) is 14.7 Å². The first-order valence-electron chi connectivity index (χ1n) is 6.85. The van der Waals surface area contributed by atoms with Crippen LogP contribution in [-0.2, 0) is 4.79 Å². The number of hydrogen-bond donors (Lipinski definition) is 2. The van der Waals surface area contributed by atoms with Gasteiger partial charge in [0.05, 0.1) is 23.6 Å². The van der Waals surface area contributed by atoms with E-state index in [0.29, 0.717) is 4.88 Å². The second-order valence-electron chi connectivity index (χ2n) is 5.08. The summed E-state index contributed by atoms with van der Waals surface area (Å²) in [5, 5.41) is 14.4. The Morgan fingerprint density at radius 2 is 2.20 bits per heavy atom. The van der Waals surface area contributed by atoms with Gasteiger partial charge >= 0.3 is 0 Å². The van der Waals surface area contributed by atoms with E-state index in [1.54, 1.807) is 24.1 Å². The van der Waals surface area contributed by atoms with Crippen molar-refractivity contribution in [1.29, 1.82) is 0 Å². The van der Waals surface area contributed by atoms with Crippen LogP contribution < -0.4 is 5.32 Å². The maximum absolute atomic E-state index is 12.1. The zero-order chi connectivity index (χ0) is 14.5. The molecule has 0 bridgehead atoms. The molecule has 110 valence electrons. The minimum atomic E-state index is -0.453. The van der Waals surface area contributed by atoms with E-state index in [0.717, 1.165) is 25.7 Å². The van der Waals surface area contributed by atoms with Crippen molar-refractivity contribution in [3.8, 4) is 0 Å². The molecule has 2 N–H and O–H groups in total. The van der Waals surface area contributed by atoms with Crippen LogP contribution in [0.1, 0.15) is 35.4 Å². The Balaban J connectivity index is 1.83. The Bertz CT molecular complexity index is 461. The summed E-state index contributed by atoms with van der Waals surface area (Å²) in [6, 6.07) is 3.39. The first-order valence-corrected chi connectivity index (χ1v) is 7.73. The number of likely N-dealkylation sites (N-methyl/N-ethyl adjacent to an activating group) is 1. The third kappa shape index (κ3) is 3.58. The second kappa shape index (κ2) is 6.85. The molecule has 0 saturated heterocycles. The Morgan fingerprint density at radius 3 is 2.85 bits per heavy atom. The number of nitrogens with one attached hydrogen (secondary N) is 1. The van der Waals surface area contributed by atoms with Gasteiger partial charge in [-0.15, -0.1) is 11.3 Å². The second-order valence-corrected chi connectivity index (χ2v) is 6.03. The molecule has 0 aliphatic heterocycles. The van der Waals surface area contributed by atoms with Gasteiger partial charge in [0.2, 0.25) is 5.91 Å². The standard InChI is InChI=1S/C14H20N2O3S/c1-16(10-5-2-3-6-11(10)17)13(18)9-15-14(19)12-7-4-8-20-12/h4,7-8,10-11,17H,2-3,5-6,9H2,1H3,(H,15,19). The molecule has 2 rings (SSSR count). The third-order valence-electron chi connectivity index (χ3n) is 3.73. The highest BCUT2D eigenvalue weighted by atomic mass is 32.1. The number of carbonyl (C=O) groups is 2. The molecule has 1 aliphatic carbocycles. The fraction of sp³-hybridized carbons (Fsp3) is 0.571. The zero-order valence-corrected chi connectivity index (χ0v) is 12.4. The molecule has 20 heavy (non-hydrogen) atoms. The fourth-order valence-corrected chi connectivity index (χ4v) is 3.14. The summed E-state index contributed by atoms with van der Waals surface area (Å²) in [4.78, 5) is 26.0. The summed E-state index contributed by atoms with van der Waals surface area (Å²) < 4.78 is 0. The van der Waals surface area contributed by atoms with Crippen molar-refractivity contribution in [2.24, 2.45) is 0 Å². The van der Waals surface area contributed by atoms with E-state index in [2.05, 4.69) is 5.32 Å². The molecular weight excluding hydrogens is 276 g/mol. The van der Waals surface area contributed by atoms with Crippen LogP contribution in [0.3, 0.4) is 0 Å². The number of carbonyl (C=O) groups excluding carboxylic acids is 2. The van der Waals surface area contributed by atoms with Crippen molar-refractivity contribution < 1.29 is 14.7 Å². The molecule has 0 radical (unpaired) electrons. The Hall–Kier alpha value is -1.40. The predicted molar refractivity (Wildman–Crippen MR) is 77.7 cm³/mol. The van der Waals surface area contributed by atoms with Gasteiger partial charge < -0.3 is 15.3 Å². The minimum Gasteiger partial charge on any atom is -0.391 e. The minimum absolute atomic E-state index is 0.0313. The molecule has 6 heteroatoms. The van der Waals surface area contributed by atoms with Crippen molar-refractivity contribution in [3.05, 3.63) is 22.4 Å². The maximum Gasteiger partial charge on any atom is 0.261 e. The fourth-order valence-electron chi connectivity index (χ4n) is 2.50. The summed E-state index contributed by atoms with van der Waals surface area (Å²) in [7, 11) is 1.69. The van der Waals surface area contributed by atoms with Crippen molar-refractivity contribution in [2.75, 3.05) is 13.6 Å². The van der Waals surface area contributed by atoms with Gasteiger partial charge in [0.25, 0.3) is 5.91 Å². The Labute approximate surface area is 122 Å². The van der Waals surface area contributed by atoms with Crippen molar-refractivity contribution >= 4 is 23.2 Å². The third-order valence-corrected chi connectivity index (χ3v) is 4.60. The Kier molecular flexibility index (Phi) is 5.14. The first kappa shape index (κ1) is 15.0. The number of aliphatic hydroxyl groups excluding tert-OH is 1. The van der Waals surface area contributed by atoms with Gasteiger partial charge in [-0.25, -0.2) is 0 Å². The van der Waals surface area contributed by atoms with E-state index in [1.807, 2.05) is 5.38 Å². The van der Waals surface area contributed by atoms with Crippen LogP contribution in [-0.4, -0.2) is 47.6 Å². The van der Waals surface area contributed by atoms with Crippen molar-refractivity contribution in [1.82, 2.24) is 10.2 Å². The molecule has 0 aromatic carbocycles. The molecule has 1 aromatic rings. The number of aliphatic hydroxyl groups is 1. The highest BCUT2D eigenvalue weighted by Crippen LogP contribution is 2.22. The number of amides is 2. The van der Waals surface area contributed by atoms with Crippen LogP contribution in [0, 0.1) is 0 Å². The highest BCUT2D eigenvalue weighted by Gasteiger charge is 2.29. The average Bonchev–Trinajstić information content (AvgIpc) is 2.98. The molecule has 2 unspecified atom stereocenters. The molecule has 0 spiro atoms. The Morgan fingerprint density at radius 1 is 1.45 bits per heavy atom. The van der Waals surface area contributed by atoms with E-state index >= 15 is 0 Å². The largest absolute Gasteiger partial charge is 0.391 e. The summed E-state index contributed by atoms with van der Waals surface area (Å²) >= 11 is 1.34. The van der Waals surface area contributed by atoms with Crippen LogP contribution in [0.4, 0.5) is 0 Å². The molecule has 1 heterocycles. The van der Waals surface area contributed by atoms with Crippen molar-refractivity contribution in [2.45, 2.75) is 37.8 Å². The van der Waals surface area contributed by atoms with Gasteiger partial charge in [0.15, 0.2) is 0 Å². The van der Waals surface area contributed by atoms with E-state index < -0.39 is 6.10 Å². The molecule has 2 atom stereocenters. The molecule has 1 fully saturated rings. The van der Waals surface area contributed by atoms with Gasteiger partial charge in [-0.05, 0) is 24.3 Å². The zero-order valence-electron chi connectivity index (χ0n) is 11.5. The SMILES string of the molecule is CN(C(=O)CNC(=O)c1cccs1)C1CCCCC1O. The van der Waals surface area contributed by atoms with Crippen LogP contribution in [0.2, 0.25) is 0 Å². The lowest BCUT2D eigenvalue weighted by atomic mass is 9.91. The average molecular weight is 296 g/mol. The molecule has 1 saturated carbocycles. The predicted octanol–water partition coefficient (Wildman–Crippen LogP) is 1.24. The molecule has 5 nitrogen and oxygen atoms in total. The van der Waals surface area contributed by atoms with E-state index in [1.165, 1.54) is 11.3 Å². The number of hydrogen-bond acceptors (Lipinski definition) is 4. The normalized spacial score (nSPS) is 22.3. The molecule has 2 amide bonds. The van der Waals surface area contributed by atoms with Crippen LogP contribution >= 0.6 is 11.3 Å². The summed E-state index contributed by atoms with van der Waals surface area (Å²) in [6.07, 6.45) is 3.15. The van der Waals surface area contributed by atoms with E-state index in [-0.39, 0.29) is 24.4 Å². The first-order chi connectivity index (χ1) is 9.59.